The SMILES string of the molecule is Cc1c(OC(=O)CCCCCNC(=O)OCc2ccccc2)ccc2c3c(c(=O)oc12)CCC3. The van der Waals surface area contributed by atoms with Gasteiger partial charge in [-0.3, -0.25) is 4.79 Å². The number of aryl methyl sites for hydroxylation is 2. The van der Waals surface area contributed by atoms with Gasteiger partial charge >= 0.3 is 17.7 Å². The van der Waals surface area contributed by atoms with Gasteiger partial charge in [-0.25, -0.2) is 9.59 Å². The molecule has 4 rings (SSSR count). The third-order valence-electron chi connectivity index (χ3n) is 6.10. The maximum Gasteiger partial charge on any atom is 0.407 e. The standard InChI is InChI=1S/C27H29NO6/c1-18-23(15-14-21-20-11-8-12-22(20)26(30)34-25(18)21)33-24(29)13-6-3-7-16-28-27(31)32-17-19-9-4-2-5-10-19/h2,4-5,9-10,14-15H,3,6-8,11-13,16-17H2,1H3,(H,28,31). The van der Waals surface area contributed by atoms with E-state index in [0.717, 1.165) is 54.2 Å². The van der Waals surface area contributed by atoms with Gasteiger partial charge in [0.05, 0.1) is 0 Å². The summed E-state index contributed by atoms with van der Waals surface area (Å²) in [6.45, 7) is 2.52. The van der Waals surface area contributed by atoms with Gasteiger partial charge in [0.2, 0.25) is 0 Å². The Bertz CT molecular complexity index is 1230. The Labute approximate surface area is 198 Å². The predicted molar refractivity (Wildman–Crippen MR) is 128 cm³/mol. The van der Waals surface area contributed by atoms with E-state index in [1.165, 1.54) is 0 Å². The second-order valence-electron chi connectivity index (χ2n) is 8.54. The third kappa shape index (κ3) is 5.65. The van der Waals surface area contributed by atoms with Gasteiger partial charge in [-0.2, -0.15) is 0 Å². The fourth-order valence-electron chi connectivity index (χ4n) is 4.28. The van der Waals surface area contributed by atoms with Gasteiger partial charge in [-0.1, -0.05) is 36.8 Å². The number of rotatable bonds is 9. The molecule has 7 heteroatoms. The van der Waals surface area contributed by atoms with Crippen molar-refractivity contribution in [2.45, 2.75) is 58.5 Å². The van der Waals surface area contributed by atoms with Gasteiger partial charge in [0.25, 0.3) is 0 Å². The zero-order valence-electron chi connectivity index (χ0n) is 19.4. The van der Waals surface area contributed by atoms with E-state index in [0.29, 0.717) is 29.9 Å². The molecule has 1 N–H and O–H groups in total. The summed E-state index contributed by atoms with van der Waals surface area (Å²) >= 11 is 0. The van der Waals surface area contributed by atoms with Gasteiger partial charge in [0.15, 0.2) is 0 Å². The van der Waals surface area contributed by atoms with Gasteiger partial charge < -0.3 is 19.2 Å². The first-order chi connectivity index (χ1) is 16.5. The summed E-state index contributed by atoms with van der Waals surface area (Å²) in [5.41, 5.74) is 3.64. The molecule has 0 radical (unpaired) electrons. The van der Waals surface area contributed by atoms with E-state index in [1.54, 1.807) is 13.0 Å². The van der Waals surface area contributed by atoms with Crippen molar-refractivity contribution in [2.24, 2.45) is 0 Å². The first kappa shape index (κ1) is 23.5. The van der Waals surface area contributed by atoms with Crippen LogP contribution in [0.5, 0.6) is 5.75 Å². The lowest BCUT2D eigenvalue weighted by molar-refractivity contribution is -0.134. The van der Waals surface area contributed by atoms with Crippen molar-refractivity contribution in [1.29, 1.82) is 0 Å². The van der Waals surface area contributed by atoms with Crippen LogP contribution in [0.25, 0.3) is 11.0 Å². The van der Waals surface area contributed by atoms with E-state index in [1.807, 2.05) is 36.4 Å². The van der Waals surface area contributed by atoms with Crippen LogP contribution in [0.15, 0.2) is 51.7 Å². The van der Waals surface area contributed by atoms with Crippen LogP contribution < -0.4 is 15.7 Å². The Hall–Kier alpha value is -3.61. The Morgan fingerprint density at radius 2 is 1.79 bits per heavy atom. The highest BCUT2D eigenvalue weighted by molar-refractivity contribution is 5.87. The van der Waals surface area contributed by atoms with Crippen LogP contribution in [0, 0.1) is 6.92 Å². The molecule has 1 heterocycles. The highest BCUT2D eigenvalue weighted by Crippen LogP contribution is 2.33. The fraction of sp³-hybridized carbons (Fsp3) is 0.370. The normalized spacial score (nSPS) is 12.4. The zero-order valence-corrected chi connectivity index (χ0v) is 19.4. The van der Waals surface area contributed by atoms with E-state index in [4.69, 9.17) is 13.9 Å². The Kier molecular flexibility index (Phi) is 7.62. The van der Waals surface area contributed by atoms with Gasteiger partial charge in [-0.05, 0) is 62.3 Å². The summed E-state index contributed by atoms with van der Waals surface area (Å²) in [6.07, 6.45) is 4.55. The van der Waals surface area contributed by atoms with E-state index < -0.39 is 6.09 Å². The molecule has 7 nitrogen and oxygen atoms in total. The molecule has 1 aliphatic rings. The number of benzene rings is 2. The molecule has 0 bridgehead atoms. The molecule has 2 aromatic carbocycles. The van der Waals surface area contributed by atoms with E-state index in [-0.39, 0.29) is 24.6 Å². The third-order valence-corrected chi connectivity index (χ3v) is 6.10. The number of carbonyl (C=O) groups is 2. The Morgan fingerprint density at radius 1 is 1.00 bits per heavy atom. The minimum Gasteiger partial charge on any atom is -0.445 e. The molecule has 0 saturated heterocycles. The first-order valence-electron chi connectivity index (χ1n) is 11.8. The number of hydrogen-bond donors (Lipinski definition) is 1. The number of hydrogen-bond acceptors (Lipinski definition) is 6. The minimum atomic E-state index is -0.452. The predicted octanol–water partition coefficient (Wildman–Crippen LogP) is 4.98. The van der Waals surface area contributed by atoms with Crippen molar-refractivity contribution in [1.82, 2.24) is 5.32 Å². The average molecular weight is 464 g/mol. The molecule has 34 heavy (non-hydrogen) atoms. The molecule has 1 amide bonds. The molecule has 0 fully saturated rings. The molecule has 178 valence electrons. The molecular weight excluding hydrogens is 434 g/mol. The first-order valence-corrected chi connectivity index (χ1v) is 11.8. The van der Waals surface area contributed by atoms with Gasteiger partial charge in [0.1, 0.15) is 17.9 Å². The summed E-state index contributed by atoms with van der Waals surface area (Å²) in [5, 5.41) is 3.64. The molecular formula is C27H29NO6. The quantitative estimate of drug-likeness (QED) is 0.208. The number of unbranched alkanes of at least 4 members (excludes halogenated alkanes) is 2. The molecule has 0 spiro atoms. The summed E-state index contributed by atoms with van der Waals surface area (Å²) < 4.78 is 16.3. The summed E-state index contributed by atoms with van der Waals surface area (Å²) in [5.74, 6) is 0.0858. The van der Waals surface area contributed by atoms with E-state index >= 15 is 0 Å². The topological polar surface area (TPSA) is 94.8 Å². The summed E-state index contributed by atoms with van der Waals surface area (Å²) in [6, 6.07) is 13.1. The zero-order chi connectivity index (χ0) is 23.9. The van der Waals surface area contributed by atoms with Crippen LogP contribution in [0.1, 0.15) is 54.4 Å². The molecule has 0 aliphatic heterocycles. The summed E-state index contributed by atoms with van der Waals surface area (Å²) in [7, 11) is 0. The van der Waals surface area contributed by atoms with Crippen LogP contribution in [-0.4, -0.2) is 18.6 Å². The van der Waals surface area contributed by atoms with Gasteiger partial charge in [-0.15, -0.1) is 0 Å². The fourth-order valence-corrected chi connectivity index (χ4v) is 4.28. The number of carbonyl (C=O) groups excluding carboxylic acids is 2. The molecule has 0 atom stereocenters. The van der Waals surface area contributed by atoms with Crippen molar-refractivity contribution in [3.05, 3.63) is 75.1 Å². The van der Waals surface area contributed by atoms with Crippen molar-refractivity contribution < 1.29 is 23.5 Å². The van der Waals surface area contributed by atoms with Crippen LogP contribution in [0.4, 0.5) is 4.79 Å². The lowest BCUT2D eigenvalue weighted by Gasteiger charge is -2.11. The highest BCUT2D eigenvalue weighted by Gasteiger charge is 2.21. The van der Waals surface area contributed by atoms with Gasteiger partial charge in [0, 0.05) is 29.5 Å². The van der Waals surface area contributed by atoms with E-state index in [9.17, 15) is 14.4 Å². The lowest BCUT2D eigenvalue weighted by atomic mass is 10.0. The number of fused-ring (bicyclic) bond motifs is 3. The number of alkyl carbamates (subject to hydrolysis) is 1. The van der Waals surface area contributed by atoms with Crippen LogP contribution in [-0.2, 0) is 29.0 Å². The van der Waals surface area contributed by atoms with E-state index in [2.05, 4.69) is 5.32 Å². The molecule has 0 unspecified atom stereocenters. The van der Waals surface area contributed by atoms with Crippen molar-refractivity contribution in [3.63, 3.8) is 0 Å². The second kappa shape index (κ2) is 11.0. The molecule has 1 aliphatic carbocycles. The smallest absolute Gasteiger partial charge is 0.407 e. The minimum absolute atomic E-state index is 0.235. The Morgan fingerprint density at radius 3 is 2.62 bits per heavy atom. The molecule has 1 aromatic heterocycles. The van der Waals surface area contributed by atoms with Crippen LogP contribution in [0.3, 0.4) is 0 Å². The van der Waals surface area contributed by atoms with Crippen molar-refractivity contribution in [3.8, 4) is 5.75 Å². The number of amides is 1. The number of ether oxygens (including phenoxy) is 2. The Balaban J connectivity index is 1.18. The monoisotopic (exact) mass is 463 g/mol. The average Bonchev–Trinajstić information content (AvgIpc) is 3.34. The lowest BCUT2D eigenvalue weighted by Crippen LogP contribution is -2.25. The van der Waals surface area contributed by atoms with Crippen molar-refractivity contribution >= 4 is 23.0 Å². The summed E-state index contributed by atoms with van der Waals surface area (Å²) in [4.78, 5) is 36.3. The molecule has 3 aromatic rings. The maximum atomic E-state index is 12.3. The van der Waals surface area contributed by atoms with Crippen LogP contribution in [0.2, 0.25) is 0 Å². The van der Waals surface area contributed by atoms with Crippen LogP contribution >= 0.6 is 0 Å². The molecule has 0 saturated carbocycles. The second-order valence-corrected chi connectivity index (χ2v) is 8.54. The van der Waals surface area contributed by atoms with Crippen molar-refractivity contribution in [2.75, 3.05) is 6.54 Å². The number of nitrogens with one attached hydrogen (secondary N) is 1. The highest BCUT2D eigenvalue weighted by atomic mass is 16.5. The number of esters is 1. The maximum absolute atomic E-state index is 12.3. The largest absolute Gasteiger partial charge is 0.445 e.